The Labute approximate surface area is 280 Å². The van der Waals surface area contributed by atoms with E-state index in [0.717, 1.165) is 33.4 Å². The number of carbonyl (C=O) groups excluding carboxylic acids is 3. The number of Topliss-reactive ketones (excluding diaryl/α,β-unsaturated/α-hetero) is 1. The van der Waals surface area contributed by atoms with Gasteiger partial charge in [0.15, 0.2) is 6.29 Å². The molecule has 0 amide bonds. The van der Waals surface area contributed by atoms with Crippen LogP contribution in [0.1, 0.15) is 65.8 Å². The Kier molecular flexibility index (Phi) is 14.3. The molecule has 1 atom stereocenters. The van der Waals surface area contributed by atoms with Gasteiger partial charge in [0.25, 0.3) is 0 Å². The first kappa shape index (κ1) is 39.8. The summed E-state index contributed by atoms with van der Waals surface area (Å²) >= 11 is 0. The number of hydrogen-bond donors (Lipinski definition) is 0. The molecule has 4 aromatic rings. The molecule has 0 N–H and O–H groups in total. The first-order chi connectivity index (χ1) is 20.8. The summed E-state index contributed by atoms with van der Waals surface area (Å²) in [5.41, 5.74) is 6.52. The molecule has 47 heavy (non-hydrogen) atoms. The molecule has 0 aromatic heterocycles. The number of ketones is 1. The molecule has 1 aliphatic rings. The standard InChI is InChI=1S/C37H32O6.4CH4/c1-24(2)35(39)34(23-38)43-29-19-15-27(16-20-29)37(32-11-7-5-9-30(32)31-10-6-8-12-33(31)37)26-13-17-28(18-14-26)41-21-22-42-36(40)25(3)4;;;;/h5-20,23,34H,1,3,21-22H2,2,4H3;4*1H4. The molecular weight excluding hydrogens is 588 g/mol. The van der Waals surface area contributed by atoms with Crippen molar-refractivity contribution in [3.8, 4) is 22.6 Å². The molecule has 5 rings (SSSR count). The first-order valence-corrected chi connectivity index (χ1v) is 13.9. The van der Waals surface area contributed by atoms with Crippen LogP contribution in [0.5, 0.6) is 11.5 Å². The Balaban J connectivity index is 0.00000276. The third-order valence-electron chi connectivity index (χ3n) is 7.53. The molecule has 6 heteroatoms. The van der Waals surface area contributed by atoms with Crippen LogP contribution >= 0.6 is 0 Å². The minimum Gasteiger partial charge on any atom is -0.490 e. The lowest BCUT2D eigenvalue weighted by atomic mass is 9.68. The van der Waals surface area contributed by atoms with Crippen molar-refractivity contribution in [3.05, 3.63) is 144 Å². The van der Waals surface area contributed by atoms with E-state index in [-0.39, 0.29) is 48.5 Å². The van der Waals surface area contributed by atoms with Gasteiger partial charge in [0, 0.05) is 5.57 Å². The van der Waals surface area contributed by atoms with E-state index in [1.807, 2.05) is 60.7 Å². The van der Waals surface area contributed by atoms with Crippen LogP contribution < -0.4 is 9.47 Å². The number of rotatable bonds is 12. The number of esters is 1. The van der Waals surface area contributed by atoms with Crippen LogP contribution in [0.15, 0.2) is 121 Å². The Hall–Kier alpha value is -5.23. The van der Waals surface area contributed by atoms with Crippen LogP contribution in [0.3, 0.4) is 0 Å². The summed E-state index contributed by atoms with van der Waals surface area (Å²) in [6.07, 6.45) is -0.758. The summed E-state index contributed by atoms with van der Waals surface area (Å²) in [5.74, 6) is 0.155. The number of aldehydes is 1. The number of ether oxygens (including phenoxy) is 3. The van der Waals surface area contributed by atoms with E-state index in [9.17, 15) is 14.4 Å². The maximum absolute atomic E-state index is 12.3. The maximum Gasteiger partial charge on any atom is 0.333 e. The lowest BCUT2D eigenvalue weighted by Gasteiger charge is -2.34. The first-order valence-electron chi connectivity index (χ1n) is 13.9. The summed E-state index contributed by atoms with van der Waals surface area (Å²) in [6, 6.07) is 32.2. The topological polar surface area (TPSA) is 78.9 Å². The summed E-state index contributed by atoms with van der Waals surface area (Å²) in [4.78, 5) is 35.6. The molecule has 4 aromatic carbocycles. The number of fused-ring (bicyclic) bond motifs is 3. The van der Waals surface area contributed by atoms with Gasteiger partial charge in [-0.05, 0) is 77.1 Å². The lowest BCUT2D eigenvalue weighted by Crippen LogP contribution is -2.30. The highest BCUT2D eigenvalue weighted by molar-refractivity contribution is 6.06. The van der Waals surface area contributed by atoms with Gasteiger partial charge >= 0.3 is 5.97 Å². The molecule has 0 heterocycles. The third kappa shape index (κ3) is 7.60. The van der Waals surface area contributed by atoms with Crippen LogP contribution in [0, 0.1) is 0 Å². The lowest BCUT2D eigenvalue weighted by molar-refractivity contribution is -0.139. The summed E-state index contributed by atoms with van der Waals surface area (Å²) in [6.45, 7) is 10.7. The van der Waals surface area contributed by atoms with Crippen LogP contribution in [0.25, 0.3) is 11.1 Å². The number of benzene rings is 4. The second-order valence-electron chi connectivity index (χ2n) is 10.5. The number of hydrogen-bond acceptors (Lipinski definition) is 6. The Morgan fingerprint density at radius 3 is 1.60 bits per heavy atom. The predicted molar refractivity (Wildman–Crippen MR) is 192 cm³/mol. The molecule has 0 saturated carbocycles. The molecular formula is C41H48O6. The molecule has 0 saturated heterocycles. The van der Waals surface area contributed by atoms with E-state index in [2.05, 4.69) is 37.4 Å². The molecule has 0 bridgehead atoms. The Bertz CT molecular complexity index is 1650. The second-order valence-corrected chi connectivity index (χ2v) is 10.5. The molecule has 248 valence electrons. The van der Waals surface area contributed by atoms with Gasteiger partial charge in [-0.3, -0.25) is 9.59 Å². The van der Waals surface area contributed by atoms with Gasteiger partial charge in [0.05, 0.1) is 5.41 Å². The largest absolute Gasteiger partial charge is 0.490 e. The molecule has 0 fully saturated rings. The van der Waals surface area contributed by atoms with Crippen molar-refractivity contribution in [2.24, 2.45) is 0 Å². The quantitative estimate of drug-likeness (QED) is 0.0447. The van der Waals surface area contributed by atoms with Gasteiger partial charge in [0.1, 0.15) is 24.7 Å². The third-order valence-corrected chi connectivity index (χ3v) is 7.53. The molecule has 6 nitrogen and oxygen atoms in total. The fourth-order valence-corrected chi connectivity index (χ4v) is 5.56. The Morgan fingerprint density at radius 1 is 0.681 bits per heavy atom. The average Bonchev–Trinajstić information content (AvgIpc) is 3.33. The average molecular weight is 637 g/mol. The predicted octanol–water partition coefficient (Wildman–Crippen LogP) is 9.18. The van der Waals surface area contributed by atoms with Crippen molar-refractivity contribution in [1.82, 2.24) is 0 Å². The SMILES string of the molecule is C.C.C.C.C=C(C)C(=O)OCCOc1ccc(C2(c3ccc(OC(C=O)C(=O)C(=C)C)cc3)c3ccccc3-c3ccccc32)cc1. The van der Waals surface area contributed by atoms with E-state index >= 15 is 0 Å². The Morgan fingerprint density at radius 2 is 1.15 bits per heavy atom. The zero-order valence-electron chi connectivity index (χ0n) is 24.2. The monoisotopic (exact) mass is 636 g/mol. The highest BCUT2D eigenvalue weighted by Crippen LogP contribution is 2.56. The molecule has 1 aliphatic carbocycles. The number of carbonyl (C=O) groups is 3. The van der Waals surface area contributed by atoms with Crippen molar-refractivity contribution in [2.75, 3.05) is 13.2 Å². The van der Waals surface area contributed by atoms with E-state index < -0.39 is 23.3 Å². The van der Waals surface area contributed by atoms with Crippen molar-refractivity contribution in [1.29, 1.82) is 0 Å². The van der Waals surface area contributed by atoms with Gasteiger partial charge in [0.2, 0.25) is 11.9 Å². The van der Waals surface area contributed by atoms with Gasteiger partial charge in [-0.2, -0.15) is 0 Å². The highest BCUT2D eigenvalue weighted by atomic mass is 16.6. The van der Waals surface area contributed by atoms with Crippen molar-refractivity contribution >= 4 is 18.0 Å². The molecule has 0 radical (unpaired) electrons. The van der Waals surface area contributed by atoms with Crippen molar-refractivity contribution in [3.63, 3.8) is 0 Å². The zero-order valence-corrected chi connectivity index (χ0v) is 24.2. The fraction of sp³-hybridized carbons (Fsp3) is 0.244. The van der Waals surface area contributed by atoms with Gasteiger partial charge in [-0.1, -0.05) is 116 Å². The molecule has 0 spiro atoms. The van der Waals surface area contributed by atoms with E-state index in [1.54, 1.807) is 26.0 Å². The maximum atomic E-state index is 12.3. The fourth-order valence-electron chi connectivity index (χ4n) is 5.56. The molecule has 1 unspecified atom stereocenters. The van der Waals surface area contributed by atoms with E-state index in [1.165, 1.54) is 0 Å². The van der Waals surface area contributed by atoms with Crippen LogP contribution in [-0.4, -0.2) is 37.4 Å². The van der Waals surface area contributed by atoms with E-state index in [4.69, 9.17) is 14.2 Å². The van der Waals surface area contributed by atoms with Gasteiger partial charge in [-0.25, -0.2) is 4.79 Å². The van der Waals surface area contributed by atoms with Crippen molar-refractivity contribution < 1.29 is 28.6 Å². The normalized spacial score (nSPS) is 12.0. The zero-order chi connectivity index (χ0) is 30.6. The minimum absolute atomic E-state index is 0. The highest BCUT2D eigenvalue weighted by Gasteiger charge is 2.45. The van der Waals surface area contributed by atoms with Gasteiger partial charge < -0.3 is 14.2 Å². The van der Waals surface area contributed by atoms with Crippen LogP contribution in [0.4, 0.5) is 0 Å². The van der Waals surface area contributed by atoms with Crippen LogP contribution in [0.2, 0.25) is 0 Å². The smallest absolute Gasteiger partial charge is 0.333 e. The van der Waals surface area contributed by atoms with Crippen molar-refractivity contribution in [2.45, 2.75) is 55.1 Å². The van der Waals surface area contributed by atoms with Crippen LogP contribution in [-0.2, 0) is 24.5 Å². The van der Waals surface area contributed by atoms with Gasteiger partial charge in [-0.15, -0.1) is 0 Å². The van der Waals surface area contributed by atoms with E-state index in [0.29, 0.717) is 23.4 Å². The minimum atomic E-state index is -1.25. The summed E-state index contributed by atoms with van der Waals surface area (Å²) in [5, 5.41) is 0. The summed E-state index contributed by atoms with van der Waals surface area (Å²) in [7, 11) is 0. The second kappa shape index (κ2) is 16.9. The molecule has 0 aliphatic heterocycles. The summed E-state index contributed by atoms with van der Waals surface area (Å²) < 4.78 is 16.7.